The topological polar surface area (TPSA) is 56.7 Å². The molecule has 21 heavy (non-hydrogen) atoms. The first-order valence-electron chi connectivity index (χ1n) is 7.82. The minimum absolute atomic E-state index is 0.169. The van der Waals surface area contributed by atoms with Gasteiger partial charge < -0.3 is 10.0 Å². The van der Waals surface area contributed by atoms with Gasteiger partial charge in [0.1, 0.15) is 0 Å². The molecule has 1 aromatic heterocycles. The van der Waals surface area contributed by atoms with Crippen LogP contribution in [-0.2, 0) is 11.2 Å². The number of carbonyl (C=O) groups excluding carboxylic acids is 1. The van der Waals surface area contributed by atoms with Crippen LogP contribution in [0.5, 0.6) is 0 Å². The van der Waals surface area contributed by atoms with Crippen LogP contribution in [0.4, 0.5) is 0 Å². The molecule has 5 nitrogen and oxygen atoms in total. The Kier molecular flexibility index (Phi) is 4.51. The number of aliphatic hydroxyl groups excluding tert-OH is 1. The summed E-state index contributed by atoms with van der Waals surface area (Å²) >= 11 is 0. The SMILES string of the molecule is O=C(Cc1ccccn1)N1CCCCN2[C@H](CO)C[C@@H]2C1. The van der Waals surface area contributed by atoms with Gasteiger partial charge in [-0.1, -0.05) is 6.07 Å². The van der Waals surface area contributed by atoms with Crippen molar-refractivity contribution >= 4 is 5.91 Å². The molecule has 2 atom stereocenters. The van der Waals surface area contributed by atoms with E-state index in [9.17, 15) is 9.90 Å². The first-order valence-corrected chi connectivity index (χ1v) is 7.82. The molecule has 2 fully saturated rings. The second-order valence-electron chi connectivity index (χ2n) is 6.01. The number of carbonyl (C=O) groups is 1. The van der Waals surface area contributed by atoms with Crippen molar-refractivity contribution in [3.8, 4) is 0 Å². The van der Waals surface area contributed by atoms with Gasteiger partial charge in [-0.25, -0.2) is 0 Å². The molecule has 1 N–H and O–H groups in total. The Morgan fingerprint density at radius 2 is 2.19 bits per heavy atom. The number of rotatable bonds is 3. The second kappa shape index (κ2) is 6.54. The summed E-state index contributed by atoms with van der Waals surface area (Å²) in [4.78, 5) is 21.1. The normalized spacial score (nSPS) is 26.4. The Labute approximate surface area is 125 Å². The highest BCUT2D eigenvalue weighted by Crippen LogP contribution is 2.28. The average molecular weight is 289 g/mol. The van der Waals surface area contributed by atoms with E-state index in [1.165, 1.54) is 0 Å². The molecule has 0 aromatic carbocycles. The number of hydrogen-bond acceptors (Lipinski definition) is 4. The number of aliphatic hydroxyl groups is 1. The van der Waals surface area contributed by atoms with E-state index in [0.717, 1.165) is 44.6 Å². The molecule has 0 saturated carbocycles. The molecule has 2 aliphatic heterocycles. The lowest BCUT2D eigenvalue weighted by Gasteiger charge is -2.50. The van der Waals surface area contributed by atoms with Crippen molar-refractivity contribution in [3.05, 3.63) is 30.1 Å². The van der Waals surface area contributed by atoms with Gasteiger partial charge in [-0.15, -0.1) is 0 Å². The molecule has 3 heterocycles. The fraction of sp³-hybridized carbons (Fsp3) is 0.625. The van der Waals surface area contributed by atoms with Crippen LogP contribution in [0.25, 0.3) is 0 Å². The van der Waals surface area contributed by atoms with Gasteiger partial charge in [0.25, 0.3) is 0 Å². The van der Waals surface area contributed by atoms with Gasteiger partial charge in [0.05, 0.1) is 13.0 Å². The summed E-state index contributed by atoms with van der Waals surface area (Å²) in [6.07, 6.45) is 5.26. The highest BCUT2D eigenvalue weighted by atomic mass is 16.3. The zero-order valence-electron chi connectivity index (χ0n) is 12.3. The molecule has 114 valence electrons. The molecule has 0 aliphatic carbocycles. The van der Waals surface area contributed by atoms with Crippen LogP contribution in [0.1, 0.15) is 25.0 Å². The first-order chi connectivity index (χ1) is 10.3. The molecule has 0 spiro atoms. The minimum Gasteiger partial charge on any atom is -0.395 e. The zero-order chi connectivity index (χ0) is 14.7. The van der Waals surface area contributed by atoms with Crippen LogP contribution in [-0.4, -0.2) is 64.1 Å². The van der Waals surface area contributed by atoms with E-state index in [2.05, 4.69) is 9.88 Å². The van der Waals surface area contributed by atoms with Crippen molar-refractivity contribution in [1.29, 1.82) is 0 Å². The standard InChI is InChI=1S/C16H23N3O2/c20-12-15-10-14-11-18(7-3-4-8-19(14)15)16(21)9-13-5-1-2-6-17-13/h1-2,5-6,14-15,20H,3-4,7-12H2/t14-,15+/m1/s1. The van der Waals surface area contributed by atoms with E-state index < -0.39 is 0 Å². The van der Waals surface area contributed by atoms with E-state index in [1.807, 2.05) is 23.1 Å². The van der Waals surface area contributed by atoms with Crippen LogP contribution >= 0.6 is 0 Å². The Morgan fingerprint density at radius 1 is 1.33 bits per heavy atom. The Hall–Kier alpha value is -1.46. The number of hydrogen-bond donors (Lipinski definition) is 1. The molecule has 2 saturated heterocycles. The summed E-state index contributed by atoms with van der Waals surface area (Å²) in [6, 6.07) is 6.42. The third kappa shape index (κ3) is 3.24. The predicted octanol–water partition coefficient (Wildman–Crippen LogP) is 0.682. The lowest BCUT2D eigenvalue weighted by Crippen LogP contribution is -2.62. The maximum absolute atomic E-state index is 12.5. The summed E-state index contributed by atoms with van der Waals surface area (Å²) in [5.74, 6) is 0.169. The Bertz CT molecular complexity index is 480. The minimum atomic E-state index is 0.169. The summed E-state index contributed by atoms with van der Waals surface area (Å²) < 4.78 is 0. The molecule has 1 aromatic rings. The van der Waals surface area contributed by atoms with Crippen molar-refractivity contribution in [1.82, 2.24) is 14.8 Å². The number of pyridine rings is 1. The predicted molar refractivity (Wildman–Crippen MR) is 79.7 cm³/mol. The molecule has 2 aliphatic rings. The highest BCUT2D eigenvalue weighted by Gasteiger charge is 2.39. The van der Waals surface area contributed by atoms with E-state index in [4.69, 9.17) is 0 Å². The molecule has 3 rings (SSSR count). The number of fused-ring (bicyclic) bond motifs is 1. The van der Waals surface area contributed by atoms with Crippen molar-refractivity contribution < 1.29 is 9.90 Å². The van der Waals surface area contributed by atoms with E-state index >= 15 is 0 Å². The lowest BCUT2D eigenvalue weighted by molar-refractivity contribution is -0.134. The molecular formula is C16H23N3O2. The van der Waals surface area contributed by atoms with E-state index in [0.29, 0.717) is 18.5 Å². The molecule has 0 bridgehead atoms. The number of nitrogens with zero attached hydrogens (tertiary/aromatic N) is 3. The summed E-state index contributed by atoms with van der Waals surface area (Å²) in [7, 11) is 0. The smallest absolute Gasteiger partial charge is 0.228 e. The van der Waals surface area contributed by atoms with Crippen LogP contribution in [0.2, 0.25) is 0 Å². The Morgan fingerprint density at radius 3 is 2.95 bits per heavy atom. The van der Waals surface area contributed by atoms with Crippen molar-refractivity contribution in [2.45, 2.75) is 37.8 Å². The molecule has 5 heteroatoms. The quantitative estimate of drug-likeness (QED) is 0.889. The number of amides is 1. The van der Waals surface area contributed by atoms with Gasteiger partial charge >= 0.3 is 0 Å². The second-order valence-corrected chi connectivity index (χ2v) is 6.01. The lowest BCUT2D eigenvalue weighted by atomic mass is 9.91. The van der Waals surface area contributed by atoms with Crippen molar-refractivity contribution in [2.75, 3.05) is 26.2 Å². The van der Waals surface area contributed by atoms with Crippen molar-refractivity contribution in [2.24, 2.45) is 0 Å². The fourth-order valence-electron chi connectivity index (χ4n) is 3.41. The van der Waals surface area contributed by atoms with Crippen LogP contribution < -0.4 is 0 Å². The molecule has 0 radical (unpaired) electrons. The largest absolute Gasteiger partial charge is 0.395 e. The monoisotopic (exact) mass is 289 g/mol. The van der Waals surface area contributed by atoms with Gasteiger partial charge in [0, 0.05) is 37.1 Å². The summed E-state index contributed by atoms with van der Waals surface area (Å²) in [5, 5.41) is 9.33. The third-order valence-electron chi connectivity index (χ3n) is 4.63. The van der Waals surface area contributed by atoms with Gasteiger partial charge in [0.2, 0.25) is 5.91 Å². The van der Waals surface area contributed by atoms with Crippen molar-refractivity contribution in [3.63, 3.8) is 0 Å². The Balaban J connectivity index is 1.60. The zero-order valence-corrected chi connectivity index (χ0v) is 12.3. The summed E-state index contributed by atoms with van der Waals surface area (Å²) in [5.41, 5.74) is 0.836. The maximum atomic E-state index is 12.5. The maximum Gasteiger partial charge on any atom is 0.228 e. The third-order valence-corrected chi connectivity index (χ3v) is 4.63. The van der Waals surface area contributed by atoms with Gasteiger partial charge in [-0.3, -0.25) is 14.7 Å². The van der Waals surface area contributed by atoms with E-state index in [1.54, 1.807) is 6.20 Å². The first kappa shape index (κ1) is 14.5. The van der Waals surface area contributed by atoms with Gasteiger partial charge in [-0.05, 0) is 37.9 Å². The molecular weight excluding hydrogens is 266 g/mol. The van der Waals surface area contributed by atoms with Gasteiger partial charge in [-0.2, -0.15) is 0 Å². The highest BCUT2D eigenvalue weighted by molar-refractivity contribution is 5.78. The van der Waals surface area contributed by atoms with Crippen LogP contribution in [0.3, 0.4) is 0 Å². The van der Waals surface area contributed by atoms with Crippen LogP contribution in [0, 0.1) is 0 Å². The molecule has 0 unspecified atom stereocenters. The van der Waals surface area contributed by atoms with E-state index in [-0.39, 0.29) is 12.5 Å². The summed E-state index contributed by atoms with van der Waals surface area (Å²) in [6.45, 7) is 2.93. The fourth-order valence-corrected chi connectivity index (χ4v) is 3.41. The number of aromatic nitrogens is 1. The van der Waals surface area contributed by atoms with Gasteiger partial charge in [0.15, 0.2) is 0 Å². The van der Waals surface area contributed by atoms with Crippen LogP contribution in [0.15, 0.2) is 24.4 Å². The molecule has 1 amide bonds. The average Bonchev–Trinajstić information content (AvgIpc) is 2.47.